The summed E-state index contributed by atoms with van der Waals surface area (Å²) in [5.41, 5.74) is 1.27. The number of hydrogen-bond acceptors (Lipinski definition) is 1. The van der Waals surface area contributed by atoms with Crippen molar-refractivity contribution in [3.05, 3.63) is 29.3 Å². The molecule has 0 spiro atoms. The highest BCUT2D eigenvalue weighted by molar-refractivity contribution is 7.59. The van der Waals surface area contributed by atoms with Crippen LogP contribution in [0.4, 0.5) is 5.69 Å². The van der Waals surface area contributed by atoms with Crippen molar-refractivity contribution in [1.29, 1.82) is 0 Å². The second kappa shape index (κ2) is 5.58. The van der Waals surface area contributed by atoms with Crippen LogP contribution in [0.25, 0.3) is 0 Å². The Balaban J connectivity index is 2.77. The summed E-state index contributed by atoms with van der Waals surface area (Å²) in [6.45, 7) is 4.50. The van der Waals surface area contributed by atoms with Gasteiger partial charge in [0.25, 0.3) is 0 Å². The molecule has 0 radical (unpaired) electrons. The van der Waals surface area contributed by atoms with E-state index in [-0.39, 0.29) is 8.07 Å². The lowest BCUT2D eigenvalue weighted by Gasteiger charge is -2.28. The Morgan fingerprint density at radius 1 is 1.14 bits per heavy atom. The standard InChI is InChI=1S/C11H17ClNP/c1-4-14(5-2)13(3)11-8-6-10(12)7-9-11/h6-9H,4-5H2,1-3H3. The lowest BCUT2D eigenvalue weighted by Crippen LogP contribution is -2.12. The minimum atomic E-state index is -0.0131. The molecule has 14 heavy (non-hydrogen) atoms. The van der Waals surface area contributed by atoms with Gasteiger partial charge in [-0.1, -0.05) is 25.4 Å². The number of benzene rings is 1. The predicted octanol–water partition coefficient (Wildman–Crippen LogP) is 4.21. The van der Waals surface area contributed by atoms with Crippen LogP contribution in [0.2, 0.25) is 5.02 Å². The number of anilines is 1. The van der Waals surface area contributed by atoms with Crippen LogP contribution in [-0.2, 0) is 0 Å². The SMILES string of the molecule is CCP(CC)N(C)c1ccc(Cl)cc1. The zero-order valence-electron chi connectivity index (χ0n) is 9.00. The lowest BCUT2D eigenvalue weighted by atomic mass is 10.3. The van der Waals surface area contributed by atoms with Crippen LogP contribution >= 0.6 is 19.7 Å². The number of hydrogen-bond donors (Lipinski definition) is 0. The molecule has 0 N–H and O–H groups in total. The van der Waals surface area contributed by atoms with Crippen LogP contribution in [0.5, 0.6) is 0 Å². The van der Waals surface area contributed by atoms with Crippen molar-refractivity contribution in [2.75, 3.05) is 24.0 Å². The first-order valence-corrected chi connectivity index (χ1v) is 6.97. The normalized spacial score (nSPS) is 10.6. The molecule has 0 unspecified atom stereocenters. The fourth-order valence-electron chi connectivity index (χ4n) is 1.47. The third-order valence-corrected chi connectivity index (χ3v) is 5.15. The molecule has 0 saturated carbocycles. The van der Waals surface area contributed by atoms with Crippen molar-refractivity contribution in [2.45, 2.75) is 13.8 Å². The largest absolute Gasteiger partial charge is 0.354 e. The highest BCUT2D eigenvalue weighted by atomic mass is 35.5. The van der Waals surface area contributed by atoms with Crippen LogP contribution in [0.15, 0.2) is 24.3 Å². The zero-order valence-corrected chi connectivity index (χ0v) is 10.6. The first-order chi connectivity index (χ1) is 6.69. The number of rotatable bonds is 4. The molecule has 0 aliphatic rings. The maximum absolute atomic E-state index is 5.85. The Morgan fingerprint density at radius 3 is 2.07 bits per heavy atom. The third kappa shape index (κ3) is 2.87. The monoisotopic (exact) mass is 229 g/mol. The summed E-state index contributed by atoms with van der Waals surface area (Å²) in [6.07, 6.45) is 2.48. The van der Waals surface area contributed by atoms with Gasteiger partial charge in [-0.2, -0.15) is 0 Å². The summed E-state index contributed by atoms with van der Waals surface area (Å²) in [4.78, 5) is 0. The van der Waals surface area contributed by atoms with Gasteiger partial charge in [0.05, 0.1) is 0 Å². The Kier molecular flexibility index (Phi) is 4.71. The van der Waals surface area contributed by atoms with Gasteiger partial charge in [-0.05, 0) is 44.7 Å². The maximum atomic E-state index is 5.85. The van der Waals surface area contributed by atoms with Gasteiger partial charge in [0, 0.05) is 17.8 Å². The highest BCUT2D eigenvalue weighted by Gasteiger charge is 2.10. The zero-order chi connectivity index (χ0) is 10.6. The summed E-state index contributed by atoms with van der Waals surface area (Å²) in [7, 11) is 2.16. The van der Waals surface area contributed by atoms with Crippen molar-refractivity contribution in [2.24, 2.45) is 0 Å². The smallest absolute Gasteiger partial charge is 0.0407 e. The summed E-state index contributed by atoms with van der Waals surface area (Å²) in [6, 6.07) is 8.07. The molecule has 0 saturated heterocycles. The van der Waals surface area contributed by atoms with E-state index in [1.54, 1.807) is 0 Å². The molecule has 3 heteroatoms. The molecule has 0 aliphatic carbocycles. The summed E-state index contributed by atoms with van der Waals surface area (Å²) >= 11 is 5.85. The molecule has 0 atom stereocenters. The van der Waals surface area contributed by atoms with Gasteiger partial charge in [0.2, 0.25) is 0 Å². The first kappa shape index (κ1) is 11.8. The van der Waals surface area contributed by atoms with Gasteiger partial charge in [0.1, 0.15) is 0 Å². The van der Waals surface area contributed by atoms with Crippen LogP contribution in [0.1, 0.15) is 13.8 Å². The summed E-state index contributed by atoms with van der Waals surface area (Å²) in [5, 5.41) is 0.805. The van der Waals surface area contributed by atoms with E-state index in [4.69, 9.17) is 11.6 Å². The molecular weight excluding hydrogens is 213 g/mol. The van der Waals surface area contributed by atoms with Crippen LogP contribution in [0, 0.1) is 0 Å². The van der Waals surface area contributed by atoms with E-state index < -0.39 is 0 Å². The molecule has 0 heterocycles. The van der Waals surface area contributed by atoms with E-state index in [1.807, 2.05) is 12.1 Å². The van der Waals surface area contributed by atoms with Crippen LogP contribution < -0.4 is 4.67 Å². The fourth-order valence-corrected chi connectivity index (χ4v) is 3.35. The Bertz CT molecular complexity index is 269. The Morgan fingerprint density at radius 2 is 1.64 bits per heavy atom. The second-order valence-corrected chi connectivity index (χ2v) is 6.45. The number of nitrogens with zero attached hydrogens (tertiary/aromatic N) is 1. The van der Waals surface area contributed by atoms with Gasteiger partial charge in [-0.25, -0.2) is 0 Å². The van der Waals surface area contributed by atoms with E-state index >= 15 is 0 Å². The number of halogens is 1. The van der Waals surface area contributed by atoms with Crippen LogP contribution in [0.3, 0.4) is 0 Å². The molecular formula is C11H17ClNP. The topological polar surface area (TPSA) is 3.24 Å². The molecule has 0 aromatic heterocycles. The van der Waals surface area contributed by atoms with Crippen molar-refractivity contribution < 1.29 is 0 Å². The molecule has 0 bridgehead atoms. The third-order valence-electron chi connectivity index (χ3n) is 2.35. The molecule has 1 aromatic carbocycles. The minimum Gasteiger partial charge on any atom is -0.354 e. The van der Waals surface area contributed by atoms with Crippen molar-refractivity contribution in [1.82, 2.24) is 0 Å². The Hall–Kier alpha value is -0.260. The van der Waals surface area contributed by atoms with Crippen molar-refractivity contribution in [3.63, 3.8) is 0 Å². The highest BCUT2D eigenvalue weighted by Crippen LogP contribution is 2.41. The van der Waals surface area contributed by atoms with Crippen molar-refractivity contribution >= 4 is 25.4 Å². The van der Waals surface area contributed by atoms with Gasteiger partial charge < -0.3 is 4.67 Å². The van der Waals surface area contributed by atoms with E-state index in [9.17, 15) is 0 Å². The molecule has 0 aliphatic heterocycles. The molecule has 1 nitrogen and oxygen atoms in total. The quantitative estimate of drug-likeness (QED) is 0.699. The molecule has 1 rings (SSSR count). The molecule has 0 amide bonds. The Labute approximate surface area is 92.9 Å². The fraction of sp³-hybridized carbons (Fsp3) is 0.455. The second-order valence-electron chi connectivity index (χ2n) is 3.14. The van der Waals surface area contributed by atoms with Gasteiger partial charge in [-0.15, -0.1) is 0 Å². The van der Waals surface area contributed by atoms with Gasteiger partial charge >= 0.3 is 0 Å². The average Bonchev–Trinajstić information content (AvgIpc) is 2.20. The molecule has 78 valence electrons. The summed E-state index contributed by atoms with van der Waals surface area (Å²) in [5.74, 6) is 0. The molecule has 0 fully saturated rings. The summed E-state index contributed by atoms with van der Waals surface area (Å²) < 4.78 is 2.38. The van der Waals surface area contributed by atoms with Crippen molar-refractivity contribution in [3.8, 4) is 0 Å². The predicted molar refractivity (Wildman–Crippen MR) is 67.9 cm³/mol. The van der Waals surface area contributed by atoms with Gasteiger partial charge in [-0.3, -0.25) is 0 Å². The first-order valence-electron chi connectivity index (χ1n) is 4.93. The molecule has 1 aromatic rings. The van der Waals surface area contributed by atoms with Gasteiger partial charge in [0.15, 0.2) is 0 Å². The maximum Gasteiger partial charge on any atom is 0.0407 e. The van der Waals surface area contributed by atoms with E-state index in [1.165, 1.54) is 18.0 Å². The minimum absolute atomic E-state index is 0.0131. The lowest BCUT2D eigenvalue weighted by molar-refractivity contribution is 1.27. The average molecular weight is 230 g/mol. The van der Waals surface area contributed by atoms with E-state index in [0.29, 0.717) is 0 Å². The van der Waals surface area contributed by atoms with E-state index in [0.717, 1.165) is 5.02 Å². The van der Waals surface area contributed by atoms with E-state index in [2.05, 4.69) is 37.7 Å². The van der Waals surface area contributed by atoms with Crippen LogP contribution in [-0.4, -0.2) is 19.4 Å².